The van der Waals surface area contributed by atoms with E-state index in [0.717, 1.165) is 6.42 Å². The zero-order chi connectivity index (χ0) is 9.90. The van der Waals surface area contributed by atoms with E-state index in [1.54, 1.807) is 0 Å². The van der Waals surface area contributed by atoms with Crippen molar-refractivity contribution in [1.82, 2.24) is 0 Å². The molecule has 0 aromatic rings. The molecular weight excluding hydrogens is 156 g/mol. The van der Waals surface area contributed by atoms with Gasteiger partial charge in [-0.15, -0.1) is 5.92 Å². The van der Waals surface area contributed by atoms with E-state index in [2.05, 4.69) is 50.8 Å². The Morgan fingerprint density at radius 1 is 1.38 bits per heavy atom. The van der Waals surface area contributed by atoms with Gasteiger partial charge in [-0.1, -0.05) is 44.9 Å². The van der Waals surface area contributed by atoms with Crippen molar-refractivity contribution in [3.05, 3.63) is 23.8 Å². The molecule has 0 aliphatic heterocycles. The van der Waals surface area contributed by atoms with Crippen LogP contribution >= 0.6 is 0 Å². The summed E-state index contributed by atoms with van der Waals surface area (Å²) in [6.07, 6.45) is 7.81. The van der Waals surface area contributed by atoms with E-state index in [0.29, 0.717) is 11.3 Å². The third kappa shape index (κ3) is 2.77. The number of allylic oxidation sites excluding steroid dienone is 4. The lowest BCUT2D eigenvalue weighted by Gasteiger charge is -2.28. The third-order valence-electron chi connectivity index (χ3n) is 2.48. The molecule has 13 heavy (non-hydrogen) atoms. The fourth-order valence-electron chi connectivity index (χ4n) is 1.50. The van der Waals surface area contributed by atoms with Gasteiger partial charge >= 0.3 is 0 Å². The molecule has 1 rings (SSSR count). The van der Waals surface area contributed by atoms with E-state index < -0.39 is 0 Å². The van der Waals surface area contributed by atoms with Crippen LogP contribution in [0.1, 0.15) is 34.1 Å². The molecule has 0 fully saturated rings. The van der Waals surface area contributed by atoms with E-state index in [1.165, 1.54) is 5.57 Å². The maximum absolute atomic E-state index is 3.08. The van der Waals surface area contributed by atoms with Crippen LogP contribution in [-0.4, -0.2) is 0 Å². The van der Waals surface area contributed by atoms with Gasteiger partial charge in [0.15, 0.2) is 0 Å². The molecule has 0 heteroatoms. The van der Waals surface area contributed by atoms with Gasteiger partial charge in [-0.05, 0) is 24.7 Å². The SMILES string of the molecule is CC#CC1=CCC(C(C)(C)C)C=C1. The molecular formula is C13H18. The molecule has 1 aliphatic carbocycles. The lowest BCUT2D eigenvalue weighted by atomic mass is 9.76. The third-order valence-corrected chi connectivity index (χ3v) is 2.48. The monoisotopic (exact) mass is 174 g/mol. The maximum Gasteiger partial charge on any atom is 0.0202 e. The van der Waals surface area contributed by atoms with Crippen LogP contribution < -0.4 is 0 Å². The zero-order valence-corrected chi connectivity index (χ0v) is 9.02. The molecule has 0 bridgehead atoms. The van der Waals surface area contributed by atoms with Crippen molar-refractivity contribution in [3.63, 3.8) is 0 Å². The summed E-state index contributed by atoms with van der Waals surface area (Å²) in [7, 11) is 0. The van der Waals surface area contributed by atoms with Gasteiger partial charge in [-0.2, -0.15) is 0 Å². The Morgan fingerprint density at radius 2 is 2.08 bits per heavy atom. The lowest BCUT2D eigenvalue weighted by molar-refractivity contribution is 0.293. The van der Waals surface area contributed by atoms with Crippen molar-refractivity contribution in [2.45, 2.75) is 34.1 Å². The lowest BCUT2D eigenvalue weighted by Crippen LogP contribution is -2.19. The molecule has 0 amide bonds. The van der Waals surface area contributed by atoms with Crippen LogP contribution in [0.4, 0.5) is 0 Å². The van der Waals surface area contributed by atoms with Crippen LogP contribution in [-0.2, 0) is 0 Å². The average molecular weight is 174 g/mol. The number of rotatable bonds is 0. The molecule has 70 valence electrons. The molecule has 0 radical (unpaired) electrons. The van der Waals surface area contributed by atoms with Crippen LogP contribution in [0.2, 0.25) is 0 Å². The second-order valence-electron chi connectivity index (χ2n) is 4.60. The Balaban J connectivity index is 2.67. The van der Waals surface area contributed by atoms with Gasteiger partial charge in [0.25, 0.3) is 0 Å². The molecule has 0 spiro atoms. The zero-order valence-electron chi connectivity index (χ0n) is 9.02. The quantitative estimate of drug-likeness (QED) is 0.493. The first-order valence-corrected chi connectivity index (χ1v) is 4.85. The van der Waals surface area contributed by atoms with E-state index in [9.17, 15) is 0 Å². The predicted molar refractivity (Wildman–Crippen MR) is 58.2 cm³/mol. The summed E-state index contributed by atoms with van der Waals surface area (Å²) >= 11 is 0. The first-order valence-electron chi connectivity index (χ1n) is 4.85. The van der Waals surface area contributed by atoms with Gasteiger partial charge in [-0.3, -0.25) is 0 Å². The highest BCUT2D eigenvalue weighted by Gasteiger charge is 2.22. The van der Waals surface area contributed by atoms with Crippen LogP contribution in [0.3, 0.4) is 0 Å². The molecule has 0 nitrogen and oxygen atoms in total. The molecule has 1 unspecified atom stereocenters. The molecule has 1 atom stereocenters. The van der Waals surface area contributed by atoms with Crippen molar-refractivity contribution in [1.29, 1.82) is 0 Å². The smallest absolute Gasteiger partial charge is 0.0202 e. The van der Waals surface area contributed by atoms with E-state index >= 15 is 0 Å². The summed E-state index contributed by atoms with van der Waals surface area (Å²) in [4.78, 5) is 0. The van der Waals surface area contributed by atoms with E-state index in [4.69, 9.17) is 0 Å². The van der Waals surface area contributed by atoms with Crippen molar-refractivity contribution in [3.8, 4) is 11.8 Å². The minimum absolute atomic E-state index is 0.373. The topological polar surface area (TPSA) is 0 Å². The normalized spacial score (nSPS) is 21.8. The molecule has 0 aromatic carbocycles. The van der Waals surface area contributed by atoms with Gasteiger partial charge in [0.2, 0.25) is 0 Å². The highest BCUT2D eigenvalue weighted by atomic mass is 14.3. The standard InChI is InChI=1S/C13H18/c1-5-6-11-7-9-12(10-8-11)13(2,3)4/h7-9,12H,10H2,1-4H3. The van der Waals surface area contributed by atoms with Gasteiger partial charge in [0, 0.05) is 5.57 Å². The summed E-state index contributed by atoms with van der Waals surface area (Å²) < 4.78 is 0. The van der Waals surface area contributed by atoms with E-state index in [-0.39, 0.29) is 0 Å². The summed E-state index contributed by atoms with van der Waals surface area (Å²) in [5.74, 6) is 6.66. The second-order valence-corrected chi connectivity index (χ2v) is 4.60. The first-order chi connectivity index (χ1) is 6.04. The molecule has 0 saturated carbocycles. The van der Waals surface area contributed by atoms with Crippen molar-refractivity contribution in [2.75, 3.05) is 0 Å². The first kappa shape index (κ1) is 10.1. The van der Waals surface area contributed by atoms with Crippen LogP contribution in [0.25, 0.3) is 0 Å². The van der Waals surface area contributed by atoms with E-state index in [1.807, 2.05) is 6.92 Å². The summed E-state index contributed by atoms with van der Waals surface area (Å²) in [5, 5.41) is 0. The van der Waals surface area contributed by atoms with Crippen molar-refractivity contribution >= 4 is 0 Å². The molecule has 0 saturated heterocycles. The van der Waals surface area contributed by atoms with Crippen molar-refractivity contribution < 1.29 is 0 Å². The molecule has 0 N–H and O–H groups in total. The molecule has 0 heterocycles. The van der Waals surface area contributed by atoms with Crippen LogP contribution in [0, 0.1) is 23.2 Å². The minimum atomic E-state index is 0.373. The van der Waals surface area contributed by atoms with Gasteiger partial charge in [-0.25, -0.2) is 0 Å². The summed E-state index contributed by atoms with van der Waals surface area (Å²) in [6.45, 7) is 8.73. The summed E-state index contributed by atoms with van der Waals surface area (Å²) in [5.41, 5.74) is 1.54. The number of hydrogen-bond donors (Lipinski definition) is 0. The highest BCUT2D eigenvalue weighted by molar-refractivity contribution is 5.40. The van der Waals surface area contributed by atoms with Crippen LogP contribution in [0.15, 0.2) is 23.8 Å². The Bertz CT molecular complexity index is 286. The van der Waals surface area contributed by atoms with Gasteiger partial charge in [0.1, 0.15) is 0 Å². The summed E-state index contributed by atoms with van der Waals surface area (Å²) in [6, 6.07) is 0. The maximum atomic E-state index is 3.08. The van der Waals surface area contributed by atoms with Gasteiger partial charge < -0.3 is 0 Å². The Labute approximate surface area is 81.7 Å². The average Bonchev–Trinajstić information content (AvgIpc) is 2.04. The minimum Gasteiger partial charge on any atom is -0.101 e. The fraction of sp³-hybridized carbons (Fsp3) is 0.538. The Hall–Kier alpha value is -0.960. The molecule has 0 aromatic heterocycles. The van der Waals surface area contributed by atoms with Crippen LogP contribution in [0.5, 0.6) is 0 Å². The Kier molecular flexibility index (Phi) is 2.98. The van der Waals surface area contributed by atoms with Crippen molar-refractivity contribution in [2.24, 2.45) is 11.3 Å². The number of hydrogen-bond acceptors (Lipinski definition) is 0. The predicted octanol–water partition coefficient (Wildman–Crippen LogP) is 3.56. The second kappa shape index (κ2) is 3.83. The molecule has 1 aliphatic rings. The highest BCUT2D eigenvalue weighted by Crippen LogP contribution is 2.32. The van der Waals surface area contributed by atoms with Gasteiger partial charge in [0.05, 0.1) is 0 Å². The largest absolute Gasteiger partial charge is 0.101 e. The fourth-order valence-corrected chi connectivity index (χ4v) is 1.50. The Morgan fingerprint density at radius 3 is 2.46 bits per heavy atom.